The van der Waals surface area contributed by atoms with Crippen LogP contribution in [-0.4, -0.2) is 40.2 Å². The molecule has 7 heteroatoms. The molecule has 4 atom stereocenters. The van der Waals surface area contributed by atoms with E-state index < -0.39 is 11.7 Å². The number of rotatable bonds is 11. The van der Waals surface area contributed by atoms with Crippen molar-refractivity contribution in [1.82, 2.24) is 15.3 Å². The Hall–Kier alpha value is -3.74. The van der Waals surface area contributed by atoms with Crippen LogP contribution in [0.25, 0.3) is 11.1 Å². The molecule has 4 rings (SSSR count). The summed E-state index contributed by atoms with van der Waals surface area (Å²) in [7, 11) is 0. The van der Waals surface area contributed by atoms with Crippen LogP contribution in [0.1, 0.15) is 78.0 Å². The van der Waals surface area contributed by atoms with E-state index in [1.807, 2.05) is 37.8 Å². The summed E-state index contributed by atoms with van der Waals surface area (Å²) >= 11 is 0. The lowest BCUT2D eigenvalue weighted by atomic mass is 9.97. The van der Waals surface area contributed by atoms with E-state index in [1.165, 1.54) is 5.56 Å². The minimum atomic E-state index is -0.609. The Balaban J connectivity index is 1.59. The second-order valence-electron chi connectivity index (χ2n) is 12.2. The van der Waals surface area contributed by atoms with Gasteiger partial charge in [0.05, 0.1) is 11.7 Å². The largest absolute Gasteiger partial charge is 0.444 e. The molecular weight excluding hydrogens is 512 g/mol. The number of anilines is 1. The molecule has 2 aromatic carbocycles. The molecule has 0 saturated heterocycles. The Morgan fingerprint density at radius 1 is 1.02 bits per heavy atom. The molecule has 0 radical (unpaired) electrons. The van der Waals surface area contributed by atoms with Gasteiger partial charge in [0, 0.05) is 42.7 Å². The first-order valence-electron chi connectivity index (χ1n) is 14.9. The van der Waals surface area contributed by atoms with Crippen molar-refractivity contribution in [2.45, 2.75) is 84.8 Å². The summed E-state index contributed by atoms with van der Waals surface area (Å²) in [5.41, 5.74) is 4.62. The van der Waals surface area contributed by atoms with E-state index in [0.717, 1.165) is 48.2 Å². The highest BCUT2D eigenvalue weighted by molar-refractivity contribution is 5.97. The second kappa shape index (κ2) is 13.3. The van der Waals surface area contributed by atoms with E-state index >= 15 is 0 Å². The molecule has 1 fully saturated rings. The lowest BCUT2D eigenvalue weighted by Gasteiger charge is -2.32. The van der Waals surface area contributed by atoms with E-state index in [-0.39, 0.29) is 29.7 Å². The van der Waals surface area contributed by atoms with Crippen LogP contribution in [0.2, 0.25) is 0 Å². The zero-order valence-corrected chi connectivity index (χ0v) is 25.3. The van der Waals surface area contributed by atoms with Crippen LogP contribution in [0, 0.1) is 11.8 Å². The predicted octanol–water partition coefficient (Wildman–Crippen LogP) is 7.17. The van der Waals surface area contributed by atoms with Crippen LogP contribution in [-0.2, 0) is 16.0 Å². The summed E-state index contributed by atoms with van der Waals surface area (Å²) in [4.78, 5) is 37.3. The van der Waals surface area contributed by atoms with Crippen molar-refractivity contribution in [2.75, 3.05) is 11.4 Å². The summed E-state index contributed by atoms with van der Waals surface area (Å²) in [5, 5.41) is 3.06. The summed E-state index contributed by atoms with van der Waals surface area (Å²) < 4.78 is 5.56. The highest BCUT2D eigenvalue weighted by Crippen LogP contribution is 2.48. The number of carbonyl (C=O) groups excluding carboxylic acids is 2. The van der Waals surface area contributed by atoms with Gasteiger partial charge < -0.3 is 15.0 Å². The summed E-state index contributed by atoms with van der Waals surface area (Å²) in [6.45, 7) is 12.3. The molecule has 1 saturated carbocycles. The van der Waals surface area contributed by atoms with Crippen LogP contribution in [0.4, 0.5) is 10.5 Å². The van der Waals surface area contributed by atoms with Crippen molar-refractivity contribution in [2.24, 2.45) is 11.8 Å². The fourth-order valence-corrected chi connectivity index (χ4v) is 5.11. The van der Waals surface area contributed by atoms with Gasteiger partial charge in [-0.3, -0.25) is 14.8 Å². The van der Waals surface area contributed by atoms with Crippen molar-refractivity contribution in [3.63, 3.8) is 0 Å². The number of nitrogens with zero attached hydrogens (tertiary/aromatic N) is 3. The van der Waals surface area contributed by atoms with Gasteiger partial charge in [0.1, 0.15) is 5.60 Å². The number of carbonyl (C=O) groups is 2. The topological polar surface area (TPSA) is 84.4 Å². The van der Waals surface area contributed by atoms with Gasteiger partial charge in [0.25, 0.3) is 0 Å². The molecule has 1 aliphatic carbocycles. The van der Waals surface area contributed by atoms with Gasteiger partial charge in [0.2, 0.25) is 5.91 Å². The SMILES string of the molecule is CCCc1ccc(-c2ccc(N(C[C@@H](NC(=O)OC(C)(C)C)[C@@H](C)CC)C(=O)[C@@H]3C[C@H]3c3cnccn3)cc2)cc1. The average molecular weight is 557 g/mol. The minimum Gasteiger partial charge on any atom is -0.444 e. The van der Waals surface area contributed by atoms with E-state index in [9.17, 15) is 9.59 Å². The molecule has 1 aromatic heterocycles. The van der Waals surface area contributed by atoms with Crippen LogP contribution in [0.15, 0.2) is 67.1 Å². The zero-order chi connectivity index (χ0) is 29.6. The van der Waals surface area contributed by atoms with Gasteiger partial charge in [-0.15, -0.1) is 0 Å². The van der Waals surface area contributed by atoms with Crippen molar-refractivity contribution >= 4 is 17.7 Å². The molecule has 218 valence electrons. The smallest absolute Gasteiger partial charge is 0.407 e. The van der Waals surface area contributed by atoms with Crippen LogP contribution in [0.5, 0.6) is 0 Å². The van der Waals surface area contributed by atoms with Crippen molar-refractivity contribution in [3.05, 3.63) is 78.4 Å². The number of aryl methyl sites for hydroxylation is 1. The molecule has 1 heterocycles. The van der Waals surface area contributed by atoms with Crippen molar-refractivity contribution in [1.29, 1.82) is 0 Å². The number of amides is 2. The van der Waals surface area contributed by atoms with Gasteiger partial charge >= 0.3 is 6.09 Å². The lowest BCUT2D eigenvalue weighted by molar-refractivity contribution is -0.120. The number of hydrogen-bond donors (Lipinski definition) is 1. The molecule has 0 aliphatic heterocycles. The third-order valence-electron chi connectivity index (χ3n) is 7.75. The molecule has 0 bridgehead atoms. The molecule has 1 aliphatic rings. The van der Waals surface area contributed by atoms with Gasteiger partial charge in [0.15, 0.2) is 0 Å². The first-order chi connectivity index (χ1) is 19.6. The fourth-order valence-electron chi connectivity index (χ4n) is 5.11. The predicted molar refractivity (Wildman–Crippen MR) is 164 cm³/mol. The molecule has 0 unspecified atom stereocenters. The van der Waals surface area contributed by atoms with Crippen LogP contribution >= 0.6 is 0 Å². The second-order valence-corrected chi connectivity index (χ2v) is 12.2. The quantitative estimate of drug-likeness (QED) is 0.271. The standard InChI is InChI=1S/C34H44N4O3/c1-7-9-24-10-12-25(13-11-24)26-14-16-27(17-15-26)38(32(39)29-20-28(29)30-21-35-18-19-36-30)22-31(23(3)8-2)37-33(40)41-34(4,5)6/h10-19,21,23,28-29,31H,7-9,20,22H2,1-6H3,(H,37,40)/t23-,28+,29+,31+/m0/s1. The van der Waals surface area contributed by atoms with Crippen molar-refractivity contribution in [3.8, 4) is 11.1 Å². The minimum absolute atomic E-state index is 0.0385. The van der Waals surface area contributed by atoms with Gasteiger partial charge in [-0.2, -0.15) is 0 Å². The zero-order valence-electron chi connectivity index (χ0n) is 25.3. The Bertz CT molecular complexity index is 1290. The molecule has 7 nitrogen and oxygen atoms in total. The first-order valence-corrected chi connectivity index (χ1v) is 14.9. The number of benzene rings is 2. The van der Waals surface area contributed by atoms with E-state index in [2.05, 4.69) is 72.5 Å². The summed E-state index contributed by atoms with van der Waals surface area (Å²) in [5.74, 6) is 0.0578. The molecule has 41 heavy (non-hydrogen) atoms. The number of hydrogen-bond acceptors (Lipinski definition) is 5. The Morgan fingerprint density at radius 3 is 2.24 bits per heavy atom. The van der Waals surface area contributed by atoms with Crippen LogP contribution < -0.4 is 10.2 Å². The molecular formula is C34H44N4O3. The normalized spacial score (nSPS) is 17.8. The number of aromatic nitrogens is 2. The maximum atomic E-state index is 14.0. The third kappa shape index (κ3) is 8.15. The average Bonchev–Trinajstić information content (AvgIpc) is 3.76. The number of nitrogens with one attached hydrogen (secondary N) is 1. The van der Waals surface area contributed by atoms with Gasteiger partial charge in [-0.1, -0.05) is 70.0 Å². The summed E-state index contributed by atoms with van der Waals surface area (Å²) in [6, 6.07) is 16.5. The molecule has 0 spiro atoms. The van der Waals surface area contributed by atoms with Crippen molar-refractivity contribution < 1.29 is 14.3 Å². The highest BCUT2D eigenvalue weighted by Gasteiger charge is 2.47. The molecule has 1 N–H and O–H groups in total. The Labute approximate surface area is 244 Å². The first kappa shape index (κ1) is 30.2. The Kier molecular flexibility index (Phi) is 9.79. The third-order valence-corrected chi connectivity index (χ3v) is 7.75. The fraction of sp³-hybridized carbons (Fsp3) is 0.471. The monoisotopic (exact) mass is 556 g/mol. The van der Waals surface area contributed by atoms with Gasteiger partial charge in [-0.25, -0.2) is 4.79 Å². The summed E-state index contributed by atoms with van der Waals surface area (Å²) in [6.07, 6.45) is 8.37. The highest BCUT2D eigenvalue weighted by atomic mass is 16.6. The van der Waals surface area contributed by atoms with E-state index in [0.29, 0.717) is 6.54 Å². The number of alkyl carbamates (subject to hydrolysis) is 1. The Morgan fingerprint density at radius 2 is 1.68 bits per heavy atom. The lowest BCUT2D eigenvalue weighted by Crippen LogP contribution is -2.50. The van der Waals surface area contributed by atoms with E-state index in [1.54, 1.807) is 18.6 Å². The maximum Gasteiger partial charge on any atom is 0.407 e. The molecule has 2 amide bonds. The van der Waals surface area contributed by atoms with Crippen LogP contribution in [0.3, 0.4) is 0 Å². The maximum absolute atomic E-state index is 14.0. The molecule has 3 aromatic rings. The van der Waals surface area contributed by atoms with E-state index in [4.69, 9.17) is 4.74 Å². The van der Waals surface area contributed by atoms with Gasteiger partial charge in [-0.05, 0) is 68.4 Å². The number of ether oxygens (including phenoxy) is 1.